The highest BCUT2D eigenvalue weighted by Gasteiger charge is 2.42. The largest absolute Gasteiger partial charge is 0.461 e. The van der Waals surface area contributed by atoms with Crippen LogP contribution in [0.4, 0.5) is 0 Å². The molecule has 1 aliphatic heterocycles. The van der Waals surface area contributed by atoms with Crippen molar-refractivity contribution in [3.05, 3.63) is 28.8 Å². The number of para-hydroxylation sites is 1. The minimum Gasteiger partial charge on any atom is -0.461 e. The number of hydrogen-bond donors (Lipinski definition) is 0. The quantitative estimate of drug-likeness (QED) is 0.646. The monoisotopic (exact) mass is 380 g/mol. The van der Waals surface area contributed by atoms with Gasteiger partial charge in [0.05, 0.1) is 5.02 Å². The minimum absolute atomic E-state index is 0.0663. The van der Waals surface area contributed by atoms with Gasteiger partial charge in [-0.15, -0.1) is 0 Å². The lowest BCUT2D eigenvalue weighted by Gasteiger charge is -2.40. The molecule has 4 atom stereocenters. The molecule has 1 aliphatic carbocycles. The summed E-state index contributed by atoms with van der Waals surface area (Å²) in [5.74, 6) is 0.644. The highest BCUT2D eigenvalue weighted by atomic mass is 35.5. The van der Waals surface area contributed by atoms with Gasteiger partial charge in [0.2, 0.25) is 5.79 Å². The molecule has 0 saturated heterocycles. The third kappa shape index (κ3) is 4.01. The Kier molecular flexibility index (Phi) is 5.55. The molecule has 1 fully saturated rings. The Morgan fingerprint density at radius 1 is 1.31 bits per heavy atom. The minimum atomic E-state index is -0.945. The van der Waals surface area contributed by atoms with Crippen LogP contribution in [-0.4, -0.2) is 17.9 Å². The van der Waals surface area contributed by atoms with E-state index >= 15 is 0 Å². The van der Waals surface area contributed by atoms with Crippen LogP contribution in [0.25, 0.3) is 0 Å². The summed E-state index contributed by atoms with van der Waals surface area (Å²) in [7, 11) is 0. The molecule has 1 aromatic rings. The van der Waals surface area contributed by atoms with Crippen LogP contribution < -0.4 is 4.74 Å². The fourth-order valence-electron chi connectivity index (χ4n) is 4.09. The molecule has 1 heterocycles. The lowest BCUT2D eigenvalue weighted by molar-refractivity contribution is -0.224. The first-order chi connectivity index (χ1) is 12.2. The van der Waals surface area contributed by atoms with Gasteiger partial charge in [0.1, 0.15) is 11.9 Å². The number of fused-ring (bicyclic) bond motifs is 1. The average Bonchev–Trinajstić information content (AvgIpc) is 2.54. The van der Waals surface area contributed by atoms with E-state index in [9.17, 15) is 4.79 Å². The van der Waals surface area contributed by atoms with E-state index in [1.54, 1.807) is 26.0 Å². The van der Waals surface area contributed by atoms with Gasteiger partial charge in [-0.2, -0.15) is 0 Å². The molecule has 1 saturated carbocycles. The summed E-state index contributed by atoms with van der Waals surface area (Å²) in [6.45, 7) is 10.2. The molecule has 1 aromatic carbocycles. The number of hydrogen-bond acceptors (Lipinski definition) is 4. The summed E-state index contributed by atoms with van der Waals surface area (Å²) in [5, 5.41) is 0.475. The summed E-state index contributed by atoms with van der Waals surface area (Å²) in [6.07, 6.45) is 2.31. The molecule has 0 radical (unpaired) electrons. The summed E-state index contributed by atoms with van der Waals surface area (Å²) < 4.78 is 17.8. The molecule has 0 bridgehead atoms. The molecule has 4 nitrogen and oxygen atoms in total. The molecule has 144 valence electrons. The Morgan fingerprint density at radius 2 is 2.04 bits per heavy atom. The van der Waals surface area contributed by atoms with Crippen LogP contribution >= 0.6 is 11.6 Å². The van der Waals surface area contributed by atoms with E-state index in [1.807, 2.05) is 6.07 Å². The van der Waals surface area contributed by atoms with Crippen molar-refractivity contribution in [1.82, 2.24) is 0 Å². The van der Waals surface area contributed by atoms with Crippen molar-refractivity contribution in [2.24, 2.45) is 17.8 Å². The predicted octanol–water partition coefficient (Wildman–Crippen LogP) is 5.53. The smallest absolute Gasteiger partial charge is 0.340 e. The number of halogens is 1. The van der Waals surface area contributed by atoms with Crippen molar-refractivity contribution in [3.8, 4) is 5.75 Å². The maximum absolute atomic E-state index is 13.1. The fourth-order valence-corrected chi connectivity index (χ4v) is 4.31. The van der Waals surface area contributed by atoms with Crippen molar-refractivity contribution < 1.29 is 19.0 Å². The third-order valence-electron chi connectivity index (χ3n) is 5.47. The first-order valence-corrected chi connectivity index (χ1v) is 9.91. The standard InChI is InChI=1S/C21H29ClO4/c1-12(2)14-10-9-13(3)11-17(14)24-20(23)19-15-7-6-8-16(22)18(15)25-21(4,5)26-19/h6-8,12-14,17,19H,9-11H2,1-5H3/t13-,14+,17-,19+/m1/s1. The second-order valence-electron chi connectivity index (χ2n) is 8.46. The lowest BCUT2D eigenvalue weighted by Crippen LogP contribution is -2.43. The molecular weight excluding hydrogens is 352 g/mol. The number of rotatable bonds is 3. The number of ether oxygens (including phenoxy) is 3. The van der Waals surface area contributed by atoms with Crippen LogP contribution in [0.1, 0.15) is 65.5 Å². The number of esters is 1. The van der Waals surface area contributed by atoms with Crippen LogP contribution in [0.3, 0.4) is 0 Å². The van der Waals surface area contributed by atoms with Gasteiger partial charge in [-0.1, -0.05) is 50.9 Å². The van der Waals surface area contributed by atoms with Gasteiger partial charge in [0.15, 0.2) is 6.10 Å². The molecule has 5 heteroatoms. The normalized spacial score (nSPS) is 30.4. The van der Waals surface area contributed by atoms with Crippen molar-refractivity contribution in [3.63, 3.8) is 0 Å². The zero-order valence-electron chi connectivity index (χ0n) is 16.3. The average molecular weight is 381 g/mol. The fraction of sp³-hybridized carbons (Fsp3) is 0.667. The van der Waals surface area contributed by atoms with Crippen molar-refractivity contribution in [2.75, 3.05) is 0 Å². The van der Waals surface area contributed by atoms with Crippen LogP contribution in [0.5, 0.6) is 5.75 Å². The van der Waals surface area contributed by atoms with Crippen LogP contribution in [0, 0.1) is 17.8 Å². The zero-order valence-corrected chi connectivity index (χ0v) is 17.0. The van der Waals surface area contributed by atoms with Crippen LogP contribution in [-0.2, 0) is 14.3 Å². The van der Waals surface area contributed by atoms with Gasteiger partial charge in [-0.05, 0) is 36.7 Å². The first kappa shape index (κ1) is 19.5. The van der Waals surface area contributed by atoms with E-state index in [2.05, 4.69) is 20.8 Å². The Morgan fingerprint density at radius 3 is 2.73 bits per heavy atom. The van der Waals surface area contributed by atoms with Crippen molar-refractivity contribution >= 4 is 17.6 Å². The molecule has 0 N–H and O–H groups in total. The predicted molar refractivity (Wildman–Crippen MR) is 101 cm³/mol. The zero-order chi connectivity index (χ0) is 19.1. The highest BCUT2D eigenvalue weighted by molar-refractivity contribution is 6.32. The Bertz CT molecular complexity index is 670. The van der Waals surface area contributed by atoms with Crippen LogP contribution in [0.15, 0.2) is 18.2 Å². The summed E-state index contributed by atoms with van der Waals surface area (Å²) in [5.41, 5.74) is 0.631. The number of carbonyl (C=O) groups excluding carboxylic acids is 1. The maximum Gasteiger partial charge on any atom is 0.340 e. The van der Waals surface area contributed by atoms with Gasteiger partial charge in [0.25, 0.3) is 0 Å². The van der Waals surface area contributed by atoms with Gasteiger partial charge >= 0.3 is 5.97 Å². The molecular formula is C21H29ClO4. The van der Waals surface area contributed by atoms with Crippen molar-refractivity contribution in [1.29, 1.82) is 0 Å². The molecule has 0 amide bonds. The SMILES string of the molecule is CC(C)[C@@H]1CC[C@@H](C)C[C@H]1OC(=O)[C@H]1OC(C)(C)Oc2c(Cl)cccc21. The molecule has 2 aliphatic rings. The van der Waals surface area contributed by atoms with E-state index in [-0.39, 0.29) is 12.1 Å². The molecule has 0 spiro atoms. The molecule has 3 rings (SSSR count). The van der Waals surface area contributed by atoms with Crippen LogP contribution in [0.2, 0.25) is 5.02 Å². The van der Waals surface area contributed by atoms with Crippen molar-refractivity contribution in [2.45, 2.75) is 71.9 Å². The summed E-state index contributed by atoms with van der Waals surface area (Å²) in [4.78, 5) is 13.1. The maximum atomic E-state index is 13.1. The summed E-state index contributed by atoms with van der Waals surface area (Å²) in [6, 6.07) is 5.36. The van der Waals surface area contributed by atoms with E-state index < -0.39 is 11.9 Å². The summed E-state index contributed by atoms with van der Waals surface area (Å²) >= 11 is 6.28. The third-order valence-corrected chi connectivity index (χ3v) is 5.77. The van der Waals surface area contributed by atoms with E-state index in [0.29, 0.717) is 34.1 Å². The van der Waals surface area contributed by atoms with Gasteiger partial charge < -0.3 is 14.2 Å². The van der Waals surface area contributed by atoms with E-state index in [4.69, 9.17) is 25.8 Å². The topological polar surface area (TPSA) is 44.8 Å². The Balaban J connectivity index is 1.84. The second kappa shape index (κ2) is 7.40. The molecule has 0 unspecified atom stereocenters. The number of carbonyl (C=O) groups is 1. The van der Waals surface area contributed by atoms with Gasteiger partial charge in [0, 0.05) is 19.4 Å². The Hall–Kier alpha value is -1.26. The van der Waals surface area contributed by atoms with E-state index in [1.165, 1.54) is 6.42 Å². The van der Waals surface area contributed by atoms with Gasteiger partial charge in [-0.25, -0.2) is 4.79 Å². The van der Waals surface area contributed by atoms with E-state index in [0.717, 1.165) is 12.8 Å². The Labute approximate surface area is 161 Å². The second-order valence-corrected chi connectivity index (χ2v) is 8.87. The highest BCUT2D eigenvalue weighted by Crippen LogP contribution is 2.44. The molecule has 26 heavy (non-hydrogen) atoms. The molecule has 0 aromatic heterocycles. The first-order valence-electron chi connectivity index (χ1n) is 9.53. The lowest BCUT2D eigenvalue weighted by atomic mass is 9.75. The number of benzene rings is 1. The van der Waals surface area contributed by atoms with Gasteiger partial charge in [-0.3, -0.25) is 0 Å².